The van der Waals surface area contributed by atoms with Crippen molar-refractivity contribution < 1.29 is 32.2 Å². The van der Waals surface area contributed by atoms with Crippen molar-refractivity contribution in [1.29, 1.82) is 0 Å². The second-order valence-corrected chi connectivity index (χ2v) is 10.8. The van der Waals surface area contributed by atoms with E-state index in [0.717, 1.165) is 23.4 Å². The van der Waals surface area contributed by atoms with Gasteiger partial charge in [0.15, 0.2) is 0 Å². The van der Waals surface area contributed by atoms with Crippen LogP contribution in [0.25, 0.3) is 10.9 Å². The van der Waals surface area contributed by atoms with Gasteiger partial charge >= 0.3 is 5.97 Å². The molecule has 2 heterocycles. The quantitative estimate of drug-likeness (QED) is 0.536. The molecule has 0 atom stereocenters. The van der Waals surface area contributed by atoms with E-state index in [0.29, 0.717) is 23.7 Å². The van der Waals surface area contributed by atoms with E-state index >= 15 is 0 Å². The molecule has 0 saturated carbocycles. The van der Waals surface area contributed by atoms with Crippen LogP contribution in [-0.4, -0.2) is 52.7 Å². The molecule has 0 bridgehead atoms. The van der Waals surface area contributed by atoms with E-state index in [-0.39, 0.29) is 36.6 Å². The second kappa shape index (κ2) is 10.8. The second-order valence-electron chi connectivity index (χ2n) is 8.87. The van der Waals surface area contributed by atoms with Gasteiger partial charge in [-0.25, -0.2) is 17.2 Å². The Morgan fingerprint density at radius 1 is 1.06 bits per heavy atom. The van der Waals surface area contributed by atoms with Crippen molar-refractivity contribution >= 4 is 26.9 Å². The molecule has 1 aromatic heterocycles. The van der Waals surface area contributed by atoms with Crippen LogP contribution >= 0.6 is 0 Å². The summed E-state index contributed by atoms with van der Waals surface area (Å²) < 4.78 is 55.9. The lowest BCUT2D eigenvalue weighted by Crippen LogP contribution is -2.38. The lowest BCUT2D eigenvalue weighted by molar-refractivity contribution is -0.137. The Hall–Kier alpha value is -2.82. The number of halogens is 2. The molecule has 3 aromatic rings. The topological polar surface area (TPSA) is 99.8 Å². The predicted molar refractivity (Wildman–Crippen MR) is 129 cm³/mol. The van der Waals surface area contributed by atoms with Crippen LogP contribution in [0, 0.1) is 18.6 Å². The molecule has 2 N–H and O–H groups in total. The molecule has 7 nitrogen and oxygen atoms in total. The maximum atomic E-state index is 14.0. The van der Waals surface area contributed by atoms with E-state index < -0.39 is 27.6 Å². The van der Waals surface area contributed by atoms with Crippen LogP contribution in [0.4, 0.5) is 8.78 Å². The maximum Gasteiger partial charge on any atom is 0.323 e. The molecule has 4 rings (SSSR count). The number of piperidine rings is 1. The molecule has 0 spiro atoms. The summed E-state index contributed by atoms with van der Waals surface area (Å²) in [4.78, 5) is 11.4. The van der Waals surface area contributed by atoms with Gasteiger partial charge in [-0.15, -0.1) is 0 Å². The lowest BCUT2D eigenvalue weighted by Gasteiger charge is -2.31. The van der Waals surface area contributed by atoms with E-state index in [2.05, 4.69) is 0 Å². The minimum atomic E-state index is -3.73. The van der Waals surface area contributed by atoms with Gasteiger partial charge in [-0.05, 0) is 87.6 Å². The van der Waals surface area contributed by atoms with Crippen molar-refractivity contribution in [1.82, 2.24) is 8.87 Å². The van der Waals surface area contributed by atoms with Crippen molar-refractivity contribution in [2.45, 2.75) is 57.1 Å². The third kappa shape index (κ3) is 6.06. The Labute approximate surface area is 203 Å². The van der Waals surface area contributed by atoms with Gasteiger partial charge in [0.05, 0.1) is 4.90 Å². The summed E-state index contributed by atoms with van der Waals surface area (Å²) in [5.74, 6) is -1.93. The molecule has 0 amide bonds. The molecule has 2 aromatic carbocycles. The number of hydrogen-bond donors (Lipinski definition) is 2. The van der Waals surface area contributed by atoms with E-state index in [1.165, 1.54) is 28.6 Å². The summed E-state index contributed by atoms with van der Waals surface area (Å²) >= 11 is 0. The number of carboxylic acid groups (broad SMARTS) is 1. The lowest BCUT2D eigenvalue weighted by atomic mass is 9.88. The Kier molecular flexibility index (Phi) is 8.30. The van der Waals surface area contributed by atoms with Crippen molar-refractivity contribution in [3.63, 3.8) is 0 Å². The number of aliphatic hydroxyl groups is 1. The molecule has 0 unspecified atom stereocenters. The molecule has 190 valence electrons. The fourth-order valence-electron chi connectivity index (χ4n) is 4.48. The molecule has 1 saturated heterocycles. The van der Waals surface area contributed by atoms with Gasteiger partial charge in [-0.1, -0.05) is 0 Å². The fraction of sp³-hybridized carbons (Fsp3) is 0.400. The molecule has 1 aliphatic heterocycles. The van der Waals surface area contributed by atoms with E-state index in [9.17, 15) is 27.1 Å². The predicted octanol–water partition coefficient (Wildman–Crippen LogP) is 4.27. The first-order valence-corrected chi connectivity index (χ1v) is 12.8. The van der Waals surface area contributed by atoms with Gasteiger partial charge in [0.25, 0.3) is 0 Å². The smallest absolute Gasteiger partial charge is 0.323 e. The number of sulfonamides is 1. The highest BCUT2D eigenvalue weighted by atomic mass is 32.2. The zero-order valence-electron chi connectivity index (χ0n) is 19.9. The average molecular weight is 509 g/mol. The van der Waals surface area contributed by atoms with Gasteiger partial charge in [0.2, 0.25) is 10.0 Å². The van der Waals surface area contributed by atoms with Crippen LogP contribution in [0.3, 0.4) is 0 Å². The molecule has 1 fully saturated rings. The van der Waals surface area contributed by atoms with Crippen LogP contribution < -0.4 is 0 Å². The highest BCUT2D eigenvalue weighted by Gasteiger charge is 2.32. The Morgan fingerprint density at radius 3 is 2.14 bits per heavy atom. The van der Waals surface area contributed by atoms with Crippen LogP contribution in [0.15, 0.2) is 47.4 Å². The van der Waals surface area contributed by atoms with Crippen LogP contribution in [-0.2, 0) is 21.4 Å². The van der Waals surface area contributed by atoms with E-state index in [4.69, 9.17) is 5.11 Å². The Bertz CT molecular complexity index is 1290. The average Bonchev–Trinajstić information content (AvgIpc) is 3.04. The molecular formula is C25H30F2N2O5S. The minimum Gasteiger partial charge on any atom is -0.480 e. The minimum absolute atomic E-state index is 0.0287. The van der Waals surface area contributed by atoms with Crippen LogP contribution in [0.1, 0.15) is 43.9 Å². The first-order valence-electron chi connectivity index (χ1n) is 11.4. The number of nitrogens with zero attached hydrogens (tertiary/aromatic N) is 2. The van der Waals surface area contributed by atoms with Gasteiger partial charge in [0, 0.05) is 35.8 Å². The van der Waals surface area contributed by atoms with Crippen LogP contribution in [0.5, 0.6) is 0 Å². The maximum absolute atomic E-state index is 14.0. The van der Waals surface area contributed by atoms with Crippen molar-refractivity contribution in [3.8, 4) is 0 Å². The zero-order valence-corrected chi connectivity index (χ0v) is 20.7. The number of rotatable bonds is 5. The van der Waals surface area contributed by atoms with Crippen LogP contribution in [0.2, 0.25) is 0 Å². The standard InChI is InChI=1S/C22H22F2N2O4S.C3H8O/c1-14-22(19-12-17(24)4-7-20(19)26(14)13-21(27)28)15-8-10-25(11-9-15)31(29,30)18-5-2-16(23)3-6-18;1-3(2)4/h2-7,12,15H,8-11,13H2,1H3,(H,27,28);3-4H,1-2H3. The molecule has 35 heavy (non-hydrogen) atoms. The summed E-state index contributed by atoms with van der Waals surface area (Å²) in [7, 11) is -3.73. The van der Waals surface area contributed by atoms with Gasteiger partial charge in [0.1, 0.15) is 18.2 Å². The Balaban J connectivity index is 0.000000795. The number of hydrogen-bond acceptors (Lipinski definition) is 4. The molecule has 1 aliphatic rings. The first-order chi connectivity index (χ1) is 16.4. The fourth-order valence-corrected chi connectivity index (χ4v) is 5.94. The Morgan fingerprint density at radius 2 is 1.60 bits per heavy atom. The van der Waals surface area contributed by atoms with E-state index in [1.807, 2.05) is 6.92 Å². The normalized spacial score (nSPS) is 15.3. The monoisotopic (exact) mass is 508 g/mol. The largest absolute Gasteiger partial charge is 0.480 e. The first kappa shape index (κ1) is 26.8. The summed E-state index contributed by atoms with van der Waals surface area (Å²) in [6.07, 6.45) is 0.869. The summed E-state index contributed by atoms with van der Waals surface area (Å²) in [6, 6.07) is 9.05. The highest BCUT2D eigenvalue weighted by molar-refractivity contribution is 7.89. The molecular weight excluding hydrogens is 478 g/mol. The number of fused-ring (bicyclic) bond motifs is 1. The van der Waals surface area contributed by atoms with Crippen molar-refractivity contribution in [2.24, 2.45) is 0 Å². The molecule has 0 aliphatic carbocycles. The zero-order chi connectivity index (χ0) is 25.9. The summed E-state index contributed by atoms with van der Waals surface area (Å²) in [6.45, 7) is 5.57. The third-order valence-electron chi connectivity index (χ3n) is 5.94. The van der Waals surface area contributed by atoms with Crippen molar-refractivity contribution in [3.05, 3.63) is 65.4 Å². The number of carbonyl (C=O) groups is 1. The number of aromatic nitrogens is 1. The highest BCUT2D eigenvalue weighted by Crippen LogP contribution is 2.38. The van der Waals surface area contributed by atoms with Gasteiger partial charge in [-0.3, -0.25) is 4.79 Å². The number of aliphatic hydroxyl groups excluding tert-OH is 1. The molecule has 10 heteroatoms. The van der Waals surface area contributed by atoms with Crippen molar-refractivity contribution in [2.75, 3.05) is 13.1 Å². The van der Waals surface area contributed by atoms with E-state index in [1.54, 1.807) is 24.5 Å². The number of carboxylic acids is 1. The summed E-state index contributed by atoms with van der Waals surface area (Å²) in [5, 5.41) is 18.0. The molecule has 0 radical (unpaired) electrons. The third-order valence-corrected chi connectivity index (χ3v) is 7.85. The SMILES string of the molecule is CC(C)O.Cc1c(C2CCN(S(=O)(=O)c3ccc(F)cc3)CC2)c2cc(F)ccc2n1CC(=O)O. The number of benzene rings is 2. The summed E-state index contributed by atoms with van der Waals surface area (Å²) in [5.41, 5.74) is 2.27. The van der Waals surface area contributed by atoms with Gasteiger partial charge < -0.3 is 14.8 Å². The van der Waals surface area contributed by atoms with Gasteiger partial charge in [-0.2, -0.15) is 4.31 Å². The number of aliphatic carboxylic acids is 1.